The number of hydrogen-bond donors (Lipinski definition) is 0. The van der Waals surface area contributed by atoms with Crippen molar-refractivity contribution in [1.29, 1.82) is 0 Å². The second kappa shape index (κ2) is 4.10. The third-order valence-corrected chi connectivity index (χ3v) is 3.01. The van der Waals surface area contributed by atoms with E-state index in [-0.39, 0.29) is 0 Å². The van der Waals surface area contributed by atoms with Crippen LogP contribution in [0.25, 0.3) is 10.9 Å². The summed E-state index contributed by atoms with van der Waals surface area (Å²) in [7, 11) is 1.92. The fraction of sp³-hybridized carbons (Fsp3) is 0.154. The topological polar surface area (TPSA) is 52.7 Å². The Morgan fingerprint density at radius 2 is 2.17 bits per heavy atom. The maximum atomic E-state index is 10.8. The molecule has 0 N–H and O–H groups in total. The molecule has 2 heterocycles. The molecule has 18 heavy (non-hydrogen) atoms. The van der Waals surface area contributed by atoms with Gasteiger partial charge in [0.25, 0.3) is 0 Å². The molecule has 0 amide bonds. The molecule has 0 aliphatic carbocycles. The number of hydrogen-bond acceptors (Lipinski definition) is 3. The van der Waals surface area contributed by atoms with Crippen molar-refractivity contribution >= 4 is 17.2 Å². The van der Waals surface area contributed by atoms with Crippen LogP contribution in [0.5, 0.6) is 0 Å². The predicted molar refractivity (Wildman–Crippen MR) is 67.4 cm³/mol. The number of aromatic nitrogens is 4. The Labute approximate surface area is 104 Å². The molecular formula is C13H12N4O. The smallest absolute Gasteiger partial charge is 0.185 e. The molecule has 0 saturated carbocycles. The van der Waals surface area contributed by atoms with Crippen LogP contribution in [-0.2, 0) is 13.6 Å². The first-order valence-electron chi connectivity index (χ1n) is 5.66. The fourth-order valence-corrected chi connectivity index (χ4v) is 2.14. The van der Waals surface area contributed by atoms with Gasteiger partial charge < -0.3 is 4.57 Å². The second-order valence-electron chi connectivity index (χ2n) is 4.12. The summed E-state index contributed by atoms with van der Waals surface area (Å²) < 4.78 is 3.64. The molecule has 0 radical (unpaired) electrons. The zero-order valence-electron chi connectivity index (χ0n) is 9.95. The molecule has 3 rings (SSSR count). The van der Waals surface area contributed by atoms with Gasteiger partial charge in [-0.25, -0.2) is 4.98 Å². The van der Waals surface area contributed by atoms with E-state index in [1.807, 2.05) is 36.0 Å². The molecule has 0 atom stereocenters. The molecule has 3 aromatic rings. The summed E-state index contributed by atoms with van der Waals surface area (Å²) in [5.74, 6) is 0.421. The summed E-state index contributed by atoms with van der Waals surface area (Å²) in [5, 5.41) is 5.59. The van der Waals surface area contributed by atoms with Crippen LogP contribution in [0.4, 0.5) is 0 Å². The standard InChI is InChI=1S/C13H12N4O/c1-16-12-5-3-2-4-10(12)11(15-16)8-17-7-6-14-13(17)9-18/h2-7,9H,8H2,1H3. The van der Waals surface area contributed by atoms with Crippen LogP contribution >= 0.6 is 0 Å². The normalized spacial score (nSPS) is 10.9. The van der Waals surface area contributed by atoms with Crippen molar-refractivity contribution in [2.75, 3.05) is 0 Å². The molecule has 0 unspecified atom stereocenters. The van der Waals surface area contributed by atoms with Crippen LogP contribution < -0.4 is 0 Å². The Morgan fingerprint density at radius 3 is 3.00 bits per heavy atom. The summed E-state index contributed by atoms with van der Waals surface area (Å²) in [6, 6.07) is 8.04. The van der Waals surface area contributed by atoms with Gasteiger partial charge in [0, 0.05) is 24.8 Å². The van der Waals surface area contributed by atoms with Gasteiger partial charge in [0.05, 0.1) is 17.8 Å². The molecule has 5 nitrogen and oxygen atoms in total. The molecule has 2 aromatic heterocycles. The number of carbonyl (C=O) groups is 1. The van der Waals surface area contributed by atoms with Crippen LogP contribution in [0.2, 0.25) is 0 Å². The van der Waals surface area contributed by atoms with E-state index in [1.54, 1.807) is 17.0 Å². The highest BCUT2D eigenvalue weighted by molar-refractivity contribution is 5.82. The van der Waals surface area contributed by atoms with Gasteiger partial charge in [-0.2, -0.15) is 5.10 Å². The minimum Gasteiger partial charge on any atom is -0.323 e. The zero-order chi connectivity index (χ0) is 12.5. The van der Waals surface area contributed by atoms with E-state index in [9.17, 15) is 4.79 Å². The fourth-order valence-electron chi connectivity index (χ4n) is 2.14. The molecule has 0 fully saturated rings. The van der Waals surface area contributed by atoms with Crippen molar-refractivity contribution in [2.45, 2.75) is 6.54 Å². The van der Waals surface area contributed by atoms with Gasteiger partial charge in [0.2, 0.25) is 0 Å². The highest BCUT2D eigenvalue weighted by Gasteiger charge is 2.10. The Balaban J connectivity index is 2.08. The number of rotatable bonds is 3. The number of carbonyl (C=O) groups excluding carboxylic acids is 1. The van der Waals surface area contributed by atoms with Gasteiger partial charge in [-0.3, -0.25) is 9.48 Å². The molecule has 0 saturated heterocycles. The molecule has 1 aromatic carbocycles. The first kappa shape index (κ1) is 10.7. The maximum absolute atomic E-state index is 10.8. The van der Waals surface area contributed by atoms with Crippen LogP contribution in [0.1, 0.15) is 16.3 Å². The summed E-state index contributed by atoms with van der Waals surface area (Å²) >= 11 is 0. The Bertz CT molecular complexity index is 711. The average molecular weight is 240 g/mol. The number of aryl methyl sites for hydroxylation is 1. The van der Waals surface area contributed by atoms with Gasteiger partial charge >= 0.3 is 0 Å². The third-order valence-electron chi connectivity index (χ3n) is 3.01. The van der Waals surface area contributed by atoms with Gasteiger partial charge in [0.15, 0.2) is 12.1 Å². The highest BCUT2D eigenvalue weighted by atomic mass is 16.1. The van der Waals surface area contributed by atoms with E-state index >= 15 is 0 Å². The largest absolute Gasteiger partial charge is 0.323 e. The number of para-hydroxylation sites is 1. The first-order chi connectivity index (χ1) is 8.79. The first-order valence-corrected chi connectivity index (χ1v) is 5.66. The van der Waals surface area contributed by atoms with Gasteiger partial charge in [-0.05, 0) is 6.07 Å². The number of fused-ring (bicyclic) bond motifs is 1. The zero-order valence-corrected chi connectivity index (χ0v) is 9.95. The minimum absolute atomic E-state index is 0.421. The second-order valence-corrected chi connectivity index (χ2v) is 4.12. The average Bonchev–Trinajstić information content (AvgIpc) is 2.96. The van der Waals surface area contributed by atoms with Crippen molar-refractivity contribution < 1.29 is 4.79 Å². The Hall–Kier alpha value is -2.43. The van der Waals surface area contributed by atoms with Crippen molar-refractivity contribution in [3.63, 3.8) is 0 Å². The molecular weight excluding hydrogens is 228 g/mol. The van der Waals surface area contributed by atoms with E-state index in [0.29, 0.717) is 12.4 Å². The van der Waals surface area contributed by atoms with Crippen LogP contribution in [-0.4, -0.2) is 25.6 Å². The Morgan fingerprint density at radius 1 is 1.33 bits per heavy atom. The van der Waals surface area contributed by atoms with E-state index in [4.69, 9.17) is 0 Å². The number of aldehydes is 1. The molecule has 0 spiro atoms. The summed E-state index contributed by atoms with van der Waals surface area (Å²) in [5.41, 5.74) is 2.02. The van der Waals surface area contributed by atoms with Crippen LogP contribution in [0, 0.1) is 0 Å². The van der Waals surface area contributed by atoms with Crippen LogP contribution in [0.3, 0.4) is 0 Å². The van der Waals surface area contributed by atoms with Gasteiger partial charge in [0.1, 0.15) is 0 Å². The quantitative estimate of drug-likeness (QED) is 0.654. The number of imidazole rings is 1. The van der Waals surface area contributed by atoms with Crippen molar-refractivity contribution in [2.24, 2.45) is 7.05 Å². The van der Waals surface area contributed by atoms with E-state index in [1.165, 1.54) is 0 Å². The van der Waals surface area contributed by atoms with Gasteiger partial charge in [-0.1, -0.05) is 18.2 Å². The van der Waals surface area contributed by atoms with Gasteiger partial charge in [-0.15, -0.1) is 0 Å². The minimum atomic E-state index is 0.421. The van der Waals surface area contributed by atoms with Crippen molar-refractivity contribution in [3.8, 4) is 0 Å². The highest BCUT2D eigenvalue weighted by Crippen LogP contribution is 2.18. The van der Waals surface area contributed by atoms with Crippen LogP contribution in [0.15, 0.2) is 36.7 Å². The number of benzene rings is 1. The maximum Gasteiger partial charge on any atom is 0.185 e. The lowest BCUT2D eigenvalue weighted by Gasteiger charge is -2.01. The molecule has 5 heteroatoms. The molecule has 0 bridgehead atoms. The third kappa shape index (κ3) is 1.60. The van der Waals surface area contributed by atoms with E-state index in [0.717, 1.165) is 22.9 Å². The summed E-state index contributed by atoms with van der Waals surface area (Å²) in [6.07, 6.45) is 4.16. The summed E-state index contributed by atoms with van der Waals surface area (Å²) in [4.78, 5) is 14.8. The lowest BCUT2D eigenvalue weighted by molar-refractivity contribution is 0.111. The lowest BCUT2D eigenvalue weighted by Crippen LogP contribution is -2.04. The number of nitrogens with zero attached hydrogens (tertiary/aromatic N) is 4. The SMILES string of the molecule is Cn1nc(Cn2ccnc2C=O)c2ccccc21. The summed E-state index contributed by atoms with van der Waals surface area (Å²) in [6.45, 7) is 0.551. The molecule has 0 aliphatic heterocycles. The lowest BCUT2D eigenvalue weighted by atomic mass is 10.2. The monoisotopic (exact) mass is 240 g/mol. The molecule has 90 valence electrons. The van der Waals surface area contributed by atoms with Crippen molar-refractivity contribution in [3.05, 3.63) is 48.2 Å². The van der Waals surface area contributed by atoms with E-state index in [2.05, 4.69) is 10.1 Å². The Kier molecular flexibility index (Phi) is 2.44. The predicted octanol–water partition coefficient (Wildman–Crippen LogP) is 1.63. The van der Waals surface area contributed by atoms with E-state index < -0.39 is 0 Å². The van der Waals surface area contributed by atoms with Crippen molar-refractivity contribution in [1.82, 2.24) is 19.3 Å². The molecule has 0 aliphatic rings.